The van der Waals surface area contributed by atoms with Crippen LogP contribution in [0.1, 0.15) is 23.2 Å². The number of carbonyl (C=O) groups excluding carboxylic acids is 1. The number of aromatic nitrogens is 2. The molecule has 35 heavy (non-hydrogen) atoms. The molecule has 0 atom stereocenters. The zero-order valence-corrected chi connectivity index (χ0v) is 20.3. The van der Waals surface area contributed by atoms with E-state index < -0.39 is 0 Å². The Morgan fingerprint density at radius 2 is 1.86 bits per heavy atom. The normalized spacial score (nSPS) is 11.1. The van der Waals surface area contributed by atoms with Gasteiger partial charge in [0.05, 0.1) is 33.1 Å². The van der Waals surface area contributed by atoms with Crippen molar-refractivity contribution in [3.8, 4) is 17.2 Å². The number of hydrogen-bond donors (Lipinski definition) is 0. The lowest BCUT2D eigenvalue weighted by molar-refractivity contribution is 0.0960. The molecular formula is C26H23N3O5S. The summed E-state index contributed by atoms with van der Waals surface area (Å²) in [6.45, 7) is 2.60. The van der Waals surface area contributed by atoms with Crippen molar-refractivity contribution >= 4 is 43.6 Å². The van der Waals surface area contributed by atoms with Crippen LogP contribution in [-0.4, -0.2) is 36.7 Å². The zero-order chi connectivity index (χ0) is 24.4. The molecule has 178 valence electrons. The number of ether oxygens (including phenoxy) is 3. The second kappa shape index (κ2) is 9.63. The summed E-state index contributed by atoms with van der Waals surface area (Å²) in [6.07, 6.45) is 1.69. The third-order valence-electron chi connectivity index (χ3n) is 5.44. The third kappa shape index (κ3) is 4.26. The summed E-state index contributed by atoms with van der Waals surface area (Å²) < 4.78 is 23.5. The van der Waals surface area contributed by atoms with Crippen molar-refractivity contribution in [3.05, 3.63) is 72.2 Å². The summed E-state index contributed by atoms with van der Waals surface area (Å²) in [6, 6.07) is 16.5. The maximum absolute atomic E-state index is 13.8. The number of fused-ring (bicyclic) bond motifs is 2. The molecule has 0 N–H and O–H groups in total. The molecule has 0 bridgehead atoms. The molecule has 0 unspecified atom stereocenters. The van der Waals surface area contributed by atoms with E-state index in [0.29, 0.717) is 45.8 Å². The molecule has 0 saturated carbocycles. The number of furan rings is 1. The van der Waals surface area contributed by atoms with Crippen LogP contribution in [0.2, 0.25) is 0 Å². The molecule has 3 aromatic heterocycles. The van der Waals surface area contributed by atoms with Gasteiger partial charge in [0, 0.05) is 11.6 Å². The van der Waals surface area contributed by atoms with Crippen LogP contribution in [0.5, 0.6) is 17.2 Å². The van der Waals surface area contributed by atoms with Gasteiger partial charge in [-0.15, -0.1) is 0 Å². The van der Waals surface area contributed by atoms with Crippen molar-refractivity contribution in [1.29, 1.82) is 0 Å². The standard InChI is InChI=1S/C26H23N3O5S/c1-4-33-19-10-7-8-16-14-21(34-23(16)19)25(30)29(15-17-9-5-6-13-27-17)26-28-22-18(31-2)11-12-20(32-3)24(22)35-26/h5-14H,4,15H2,1-3H3. The van der Waals surface area contributed by atoms with Crippen molar-refractivity contribution in [2.45, 2.75) is 13.5 Å². The zero-order valence-electron chi connectivity index (χ0n) is 19.5. The first-order chi connectivity index (χ1) is 17.1. The Kier molecular flexibility index (Phi) is 6.24. The third-order valence-corrected chi connectivity index (χ3v) is 6.53. The fraction of sp³-hybridized carbons (Fsp3) is 0.192. The van der Waals surface area contributed by atoms with Crippen LogP contribution in [0.4, 0.5) is 5.13 Å². The Morgan fingerprint density at radius 1 is 1.03 bits per heavy atom. The highest BCUT2D eigenvalue weighted by Crippen LogP contribution is 2.41. The second-order valence-electron chi connectivity index (χ2n) is 7.57. The van der Waals surface area contributed by atoms with Crippen LogP contribution in [0.15, 0.2) is 65.2 Å². The SMILES string of the molecule is CCOc1cccc2cc(C(=O)N(Cc3ccccn3)c3nc4c(OC)ccc(OC)c4s3)oc12. The molecule has 0 radical (unpaired) electrons. The highest BCUT2D eigenvalue weighted by atomic mass is 32.1. The molecule has 0 aliphatic carbocycles. The summed E-state index contributed by atoms with van der Waals surface area (Å²) in [7, 11) is 3.18. The molecule has 9 heteroatoms. The van der Waals surface area contributed by atoms with E-state index in [0.717, 1.165) is 10.1 Å². The summed E-state index contributed by atoms with van der Waals surface area (Å²) in [5.74, 6) is 1.68. The lowest BCUT2D eigenvalue weighted by Crippen LogP contribution is -2.30. The molecule has 0 saturated heterocycles. The van der Waals surface area contributed by atoms with Crippen LogP contribution >= 0.6 is 11.3 Å². The van der Waals surface area contributed by atoms with Gasteiger partial charge in [-0.1, -0.05) is 29.5 Å². The molecule has 5 rings (SSSR count). The van der Waals surface area contributed by atoms with Crippen LogP contribution in [-0.2, 0) is 6.54 Å². The van der Waals surface area contributed by atoms with Crippen LogP contribution in [0.25, 0.3) is 21.2 Å². The molecule has 0 aliphatic rings. The summed E-state index contributed by atoms with van der Waals surface area (Å²) in [5.41, 5.74) is 1.86. The smallest absolute Gasteiger partial charge is 0.296 e. The minimum absolute atomic E-state index is 0.182. The predicted octanol–water partition coefficient (Wildman–Crippen LogP) is 5.70. The van der Waals surface area contributed by atoms with Gasteiger partial charge in [0.25, 0.3) is 5.91 Å². The van der Waals surface area contributed by atoms with Gasteiger partial charge in [-0.2, -0.15) is 0 Å². The summed E-state index contributed by atoms with van der Waals surface area (Å²) in [4.78, 5) is 24.6. The molecule has 0 fully saturated rings. The van der Waals surface area contributed by atoms with Gasteiger partial charge < -0.3 is 18.6 Å². The second-order valence-corrected chi connectivity index (χ2v) is 8.55. The Balaban J connectivity index is 1.62. The first-order valence-corrected chi connectivity index (χ1v) is 11.8. The first kappa shape index (κ1) is 22.7. The number of carbonyl (C=O) groups is 1. The van der Waals surface area contributed by atoms with Crippen molar-refractivity contribution < 1.29 is 23.4 Å². The maximum Gasteiger partial charge on any atom is 0.296 e. The van der Waals surface area contributed by atoms with E-state index in [4.69, 9.17) is 23.6 Å². The van der Waals surface area contributed by atoms with E-state index in [-0.39, 0.29) is 18.2 Å². The van der Waals surface area contributed by atoms with E-state index >= 15 is 0 Å². The van der Waals surface area contributed by atoms with E-state index in [1.807, 2.05) is 49.4 Å². The van der Waals surface area contributed by atoms with Gasteiger partial charge in [0.2, 0.25) is 0 Å². The van der Waals surface area contributed by atoms with Gasteiger partial charge in [-0.3, -0.25) is 14.7 Å². The number of benzene rings is 2. The van der Waals surface area contributed by atoms with E-state index in [9.17, 15) is 4.79 Å². The number of thiazole rings is 1. The van der Waals surface area contributed by atoms with E-state index in [2.05, 4.69) is 4.98 Å². The topological polar surface area (TPSA) is 86.9 Å². The highest BCUT2D eigenvalue weighted by Gasteiger charge is 2.27. The highest BCUT2D eigenvalue weighted by molar-refractivity contribution is 7.22. The Morgan fingerprint density at radius 3 is 2.60 bits per heavy atom. The number of methoxy groups -OCH3 is 2. The van der Waals surface area contributed by atoms with E-state index in [1.54, 1.807) is 37.4 Å². The monoisotopic (exact) mass is 489 g/mol. The summed E-state index contributed by atoms with van der Waals surface area (Å²) in [5, 5.41) is 1.26. The Bertz CT molecular complexity index is 1450. The molecule has 5 aromatic rings. The molecule has 0 spiro atoms. The molecule has 0 aliphatic heterocycles. The predicted molar refractivity (Wildman–Crippen MR) is 135 cm³/mol. The van der Waals surface area contributed by atoms with Crippen molar-refractivity contribution in [3.63, 3.8) is 0 Å². The van der Waals surface area contributed by atoms with E-state index in [1.165, 1.54) is 11.3 Å². The van der Waals surface area contributed by atoms with Crippen molar-refractivity contribution in [2.75, 3.05) is 25.7 Å². The number of hydrogen-bond acceptors (Lipinski definition) is 8. The number of anilines is 1. The van der Waals surface area contributed by atoms with Crippen LogP contribution < -0.4 is 19.1 Å². The molecule has 3 heterocycles. The number of para-hydroxylation sites is 1. The Labute approximate surface area is 205 Å². The summed E-state index contributed by atoms with van der Waals surface area (Å²) >= 11 is 1.34. The largest absolute Gasteiger partial charge is 0.495 e. The van der Waals surface area contributed by atoms with Gasteiger partial charge in [-0.05, 0) is 43.3 Å². The number of amides is 1. The first-order valence-electron chi connectivity index (χ1n) is 11.0. The van der Waals surface area contributed by atoms with Crippen molar-refractivity contribution in [2.24, 2.45) is 0 Å². The lowest BCUT2D eigenvalue weighted by Gasteiger charge is -2.18. The fourth-order valence-corrected chi connectivity index (χ4v) is 4.89. The number of rotatable bonds is 8. The van der Waals surface area contributed by atoms with Crippen LogP contribution in [0, 0.1) is 0 Å². The maximum atomic E-state index is 13.8. The van der Waals surface area contributed by atoms with Gasteiger partial charge in [-0.25, -0.2) is 4.98 Å². The average Bonchev–Trinajstić information content (AvgIpc) is 3.53. The molecule has 8 nitrogen and oxygen atoms in total. The quantitative estimate of drug-likeness (QED) is 0.276. The molecular weight excluding hydrogens is 466 g/mol. The lowest BCUT2D eigenvalue weighted by atomic mass is 10.2. The Hall–Kier alpha value is -4.11. The van der Waals surface area contributed by atoms with Crippen LogP contribution in [0.3, 0.4) is 0 Å². The molecule has 1 amide bonds. The molecule has 2 aromatic carbocycles. The minimum atomic E-state index is -0.341. The number of pyridine rings is 1. The van der Waals surface area contributed by atoms with Crippen molar-refractivity contribution in [1.82, 2.24) is 9.97 Å². The number of nitrogens with zero attached hydrogens (tertiary/aromatic N) is 3. The van der Waals surface area contributed by atoms with Gasteiger partial charge in [0.15, 0.2) is 22.2 Å². The van der Waals surface area contributed by atoms with Gasteiger partial charge in [0.1, 0.15) is 21.7 Å². The fourth-order valence-electron chi connectivity index (χ4n) is 3.81. The average molecular weight is 490 g/mol. The minimum Gasteiger partial charge on any atom is -0.495 e. The van der Waals surface area contributed by atoms with Gasteiger partial charge >= 0.3 is 0 Å².